The molecule has 0 aromatic heterocycles. The van der Waals surface area contributed by atoms with Crippen LogP contribution in [0.15, 0.2) is 88.9 Å². The number of halogens is 1. The maximum Gasteiger partial charge on any atom is 0.264 e. The molecule has 0 radical (unpaired) electrons. The van der Waals surface area contributed by atoms with Crippen LogP contribution < -0.4 is 9.73 Å². The fraction of sp³-hybridized carbons (Fsp3) is 0.0909. The summed E-state index contributed by atoms with van der Waals surface area (Å²) in [5, 5.41) is 4.39. The van der Waals surface area contributed by atoms with Gasteiger partial charge in [0.1, 0.15) is 6.54 Å². The second-order valence-electron chi connectivity index (χ2n) is 6.51. The van der Waals surface area contributed by atoms with Crippen molar-refractivity contribution in [1.29, 1.82) is 0 Å². The summed E-state index contributed by atoms with van der Waals surface area (Å²) >= 11 is 5.92. The minimum Gasteiger partial charge on any atom is -0.271 e. The van der Waals surface area contributed by atoms with Crippen LogP contribution in [0.1, 0.15) is 11.1 Å². The number of aryl methyl sites for hydroxylation is 1. The third-order valence-electron chi connectivity index (χ3n) is 4.18. The SMILES string of the molecule is Cc1cccc(/C=N\NC(=O)CN(c2ccc(Cl)cc2)S(=O)(=O)c2ccccc2)c1. The van der Waals surface area contributed by atoms with Crippen molar-refractivity contribution in [2.75, 3.05) is 10.8 Å². The second-order valence-corrected chi connectivity index (χ2v) is 8.81. The van der Waals surface area contributed by atoms with E-state index in [2.05, 4.69) is 10.5 Å². The summed E-state index contributed by atoms with van der Waals surface area (Å²) in [4.78, 5) is 12.6. The summed E-state index contributed by atoms with van der Waals surface area (Å²) in [7, 11) is -3.97. The number of carbonyl (C=O) groups is 1. The Morgan fingerprint density at radius 3 is 2.40 bits per heavy atom. The van der Waals surface area contributed by atoms with E-state index in [-0.39, 0.29) is 4.90 Å². The predicted molar refractivity (Wildman–Crippen MR) is 119 cm³/mol. The number of hydrogen-bond acceptors (Lipinski definition) is 4. The summed E-state index contributed by atoms with van der Waals surface area (Å²) in [5.41, 5.74) is 4.59. The van der Waals surface area contributed by atoms with Gasteiger partial charge in [0.25, 0.3) is 15.9 Å². The molecule has 8 heteroatoms. The summed E-state index contributed by atoms with van der Waals surface area (Å²) in [6.07, 6.45) is 1.50. The Bertz CT molecular complexity index is 1150. The van der Waals surface area contributed by atoms with Gasteiger partial charge in [-0.25, -0.2) is 13.8 Å². The Morgan fingerprint density at radius 1 is 1.03 bits per heavy atom. The molecule has 0 bridgehead atoms. The van der Waals surface area contributed by atoms with Gasteiger partial charge in [-0.1, -0.05) is 59.6 Å². The Morgan fingerprint density at radius 2 is 1.73 bits per heavy atom. The van der Waals surface area contributed by atoms with Crippen LogP contribution in [0.3, 0.4) is 0 Å². The molecule has 1 N–H and O–H groups in total. The molecule has 3 rings (SSSR count). The molecule has 1 amide bonds. The van der Waals surface area contributed by atoms with Crippen LogP contribution >= 0.6 is 11.6 Å². The van der Waals surface area contributed by atoms with Crippen LogP contribution in [-0.2, 0) is 14.8 Å². The average Bonchev–Trinajstić information content (AvgIpc) is 2.73. The molecule has 0 aliphatic rings. The standard InChI is InChI=1S/C22H20ClN3O3S/c1-17-6-5-7-18(14-17)15-24-25-22(27)16-26(20-12-10-19(23)11-13-20)30(28,29)21-8-3-2-4-9-21/h2-15H,16H2,1H3,(H,25,27)/b24-15-. The van der Waals surface area contributed by atoms with Crippen LogP contribution in [0, 0.1) is 6.92 Å². The van der Waals surface area contributed by atoms with Crippen molar-refractivity contribution in [2.45, 2.75) is 11.8 Å². The highest BCUT2D eigenvalue weighted by Gasteiger charge is 2.27. The Hall–Kier alpha value is -3.16. The molecule has 0 aliphatic carbocycles. The van der Waals surface area contributed by atoms with E-state index in [9.17, 15) is 13.2 Å². The van der Waals surface area contributed by atoms with Crippen molar-refractivity contribution in [1.82, 2.24) is 5.43 Å². The molecular formula is C22H20ClN3O3S. The normalized spacial score (nSPS) is 11.4. The van der Waals surface area contributed by atoms with Crippen molar-refractivity contribution in [3.05, 3.63) is 95.0 Å². The first-order valence-corrected chi connectivity index (χ1v) is 10.9. The smallest absolute Gasteiger partial charge is 0.264 e. The molecule has 6 nitrogen and oxygen atoms in total. The minimum absolute atomic E-state index is 0.0796. The van der Waals surface area contributed by atoms with E-state index in [0.29, 0.717) is 10.7 Å². The van der Waals surface area contributed by atoms with Gasteiger partial charge in [-0.15, -0.1) is 0 Å². The molecule has 0 saturated heterocycles. The molecule has 0 saturated carbocycles. The van der Waals surface area contributed by atoms with Crippen molar-refractivity contribution in [3.63, 3.8) is 0 Å². The van der Waals surface area contributed by atoms with Crippen LogP contribution in [0.2, 0.25) is 5.02 Å². The van der Waals surface area contributed by atoms with Crippen molar-refractivity contribution < 1.29 is 13.2 Å². The predicted octanol–water partition coefficient (Wildman–Crippen LogP) is 3.99. The van der Waals surface area contributed by atoms with E-state index in [1.54, 1.807) is 42.5 Å². The molecule has 3 aromatic carbocycles. The highest BCUT2D eigenvalue weighted by molar-refractivity contribution is 7.92. The first kappa shape index (κ1) is 21.5. The summed E-state index contributed by atoms with van der Waals surface area (Å²) in [5.74, 6) is -0.576. The number of hydrazone groups is 1. The number of benzene rings is 3. The summed E-state index contributed by atoms with van der Waals surface area (Å²) < 4.78 is 27.3. The number of carbonyl (C=O) groups excluding carboxylic acids is 1. The first-order chi connectivity index (χ1) is 14.4. The van der Waals surface area contributed by atoms with Crippen LogP contribution in [0.5, 0.6) is 0 Å². The Labute approximate surface area is 180 Å². The van der Waals surface area contributed by atoms with Crippen molar-refractivity contribution in [2.24, 2.45) is 5.10 Å². The fourth-order valence-corrected chi connectivity index (χ4v) is 4.31. The van der Waals surface area contributed by atoms with Gasteiger partial charge in [-0.05, 0) is 48.9 Å². The number of sulfonamides is 1. The number of hydrogen-bond donors (Lipinski definition) is 1. The van der Waals surface area contributed by atoms with Gasteiger partial charge in [0.2, 0.25) is 0 Å². The molecule has 0 atom stereocenters. The molecular weight excluding hydrogens is 422 g/mol. The zero-order chi connectivity index (χ0) is 21.6. The van der Waals surface area contributed by atoms with E-state index in [1.807, 2.05) is 31.2 Å². The average molecular weight is 442 g/mol. The molecule has 0 aliphatic heterocycles. The van der Waals surface area contributed by atoms with Crippen LogP contribution in [0.4, 0.5) is 5.69 Å². The minimum atomic E-state index is -3.97. The van der Waals surface area contributed by atoms with Gasteiger partial charge in [-0.2, -0.15) is 5.10 Å². The lowest BCUT2D eigenvalue weighted by atomic mass is 10.2. The molecule has 0 heterocycles. The molecule has 30 heavy (non-hydrogen) atoms. The number of nitrogens with zero attached hydrogens (tertiary/aromatic N) is 2. The second kappa shape index (κ2) is 9.56. The third-order valence-corrected chi connectivity index (χ3v) is 6.22. The molecule has 0 unspecified atom stereocenters. The lowest BCUT2D eigenvalue weighted by Gasteiger charge is -2.23. The van der Waals surface area contributed by atoms with E-state index < -0.39 is 22.5 Å². The highest BCUT2D eigenvalue weighted by Crippen LogP contribution is 2.24. The van der Waals surface area contributed by atoms with Gasteiger partial charge in [0.15, 0.2) is 0 Å². The summed E-state index contributed by atoms with van der Waals surface area (Å²) in [6, 6.07) is 21.8. The van der Waals surface area contributed by atoms with Gasteiger partial charge >= 0.3 is 0 Å². The number of anilines is 1. The van der Waals surface area contributed by atoms with Crippen molar-refractivity contribution in [3.8, 4) is 0 Å². The quantitative estimate of drug-likeness (QED) is 0.444. The van der Waals surface area contributed by atoms with E-state index in [0.717, 1.165) is 15.4 Å². The largest absolute Gasteiger partial charge is 0.271 e. The third kappa shape index (κ3) is 5.46. The van der Waals surface area contributed by atoms with Gasteiger partial charge in [0.05, 0.1) is 16.8 Å². The Kier molecular flexibility index (Phi) is 6.87. The van der Waals surface area contributed by atoms with E-state index in [4.69, 9.17) is 11.6 Å². The molecule has 0 fully saturated rings. The van der Waals surface area contributed by atoms with E-state index >= 15 is 0 Å². The maximum absolute atomic E-state index is 13.2. The monoisotopic (exact) mass is 441 g/mol. The van der Waals surface area contributed by atoms with Gasteiger partial charge < -0.3 is 0 Å². The Balaban J connectivity index is 1.82. The van der Waals surface area contributed by atoms with Crippen LogP contribution in [0.25, 0.3) is 0 Å². The van der Waals surface area contributed by atoms with Crippen molar-refractivity contribution >= 4 is 39.4 Å². The topological polar surface area (TPSA) is 78.8 Å². The lowest BCUT2D eigenvalue weighted by Crippen LogP contribution is -2.39. The van der Waals surface area contributed by atoms with Gasteiger partial charge in [0, 0.05) is 5.02 Å². The fourth-order valence-electron chi connectivity index (χ4n) is 2.74. The molecule has 154 valence electrons. The molecule has 3 aromatic rings. The zero-order valence-corrected chi connectivity index (χ0v) is 17.8. The number of nitrogens with one attached hydrogen (secondary N) is 1. The van der Waals surface area contributed by atoms with Gasteiger partial charge in [-0.3, -0.25) is 9.10 Å². The molecule has 0 spiro atoms. The first-order valence-electron chi connectivity index (χ1n) is 9.08. The van der Waals surface area contributed by atoms with E-state index in [1.165, 1.54) is 18.3 Å². The van der Waals surface area contributed by atoms with Crippen LogP contribution in [-0.4, -0.2) is 27.1 Å². The highest BCUT2D eigenvalue weighted by atomic mass is 35.5. The number of amides is 1. The lowest BCUT2D eigenvalue weighted by molar-refractivity contribution is -0.119. The maximum atomic E-state index is 13.2. The number of rotatable bonds is 7. The summed E-state index contributed by atoms with van der Waals surface area (Å²) in [6.45, 7) is 1.51. The zero-order valence-electron chi connectivity index (χ0n) is 16.2.